The van der Waals surface area contributed by atoms with Crippen molar-refractivity contribution in [1.29, 1.82) is 0 Å². The fourth-order valence-corrected chi connectivity index (χ4v) is 4.77. The van der Waals surface area contributed by atoms with E-state index < -0.39 is 0 Å². The molecule has 0 radical (unpaired) electrons. The topological polar surface area (TPSA) is 59.4 Å². The van der Waals surface area contributed by atoms with Crippen LogP contribution in [0.5, 0.6) is 0 Å². The number of amides is 1. The minimum Gasteiger partial charge on any atom is -0.373 e. The van der Waals surface area contributed by atoms with Gasteiger partial charge in [-0.15, -0.1) is 0 Å². The molecule has 3 heterocycles. The second-order valence-corrected chi connectivity index (χ2v) is 8.66. The van der Waals surface area contributed by atoms with Gasteiger partial charge in [0.25, 0.3) is 5.91 Å². The zero-order valence-corrected chi connectivity index (χ0v) is 18.4. The number of imidazole rings is 1. The van der Waals surface area contributed by atoms with Gasteiger partial charge in [0, 0.05) is 25.7 Å². The number of hydrogen-bond acceptors (Lipinski definition) is 4. The number of likely N-dealkylation sites (tertiary alicyclic amines) is 1. The largest absolute Gasteiger partial charge is 0.373 e. The first-order valence-corrected chi connectivity index (χ1v) is 11.3. The maximum atomic E-state index is 13.4. The highest BCUT2D eigenvalue weighted by atomic mass is 16.5. The van der Waals surface area contributed by atoms with E-state index in [1.807, 2.05) is 21.6 Å². The van der Waals surface area contributed by atoms with E-state index in [0.29, 0.717) is 31.4 Å². The molecule has 0 aliphatic carbocycles. The van der Waals surface area contributed by atoms with Crippen LogP contribution < -0.4 is 5.32 Å². The van der Waals surface area contributed by atoms with Crippen LogP contribution in [0, 0.1) is 13.8 Å². The van der Waals surface area contributed by atoms with E-state index in [4.69, 9.17) is 4.74 Å². The predicted molar refractivity (Wildman–Crippen MR) is 124 cm³/mol. The number of fused-ring (bicyclic) bond motifs is 1. The Balaban J connectivity index is 1.41. The molecule has 2 aromatic carbocycles. The second kappa shape index (κ2) is 8.88. The summed E-state index contributed by atoms with van der Waals surface area (Å²) >= 11 is 0. The van der Waals surface area contributed by atoms with Crippen LogP contribution in [0.15, 0.2) is 61.1 Å². The van der Waals surface area contributed by atoms with Gasteiger partial charge in [0.1, 0.15) is 5.69 Å². The third-order valence-electron chi connectivity index (χ3n) is 6.59. The number of aromatic nitrogens is 2. The summed E-state index contributed by atoms with van der Waals surface area (Å²) in [5.41, 5.74) is 5.09. The highest BCUT2D eigenvalue weighted by Crippen LogP contribution is 2.31. The molecule has 2 fully saturated rings. The quantitative estimate of drug-likeness (QED) is 0.645. The Hall–Kier alpha value is -2.96. The van der Waals surface area contributed by atoms with E-state index in [-0.39, 0.29) is 18.1 Å². The molecule has 1 aromatic heterocycles. The Bertz CT molecular complexity index is 1090. The Kier molecular flexibility index (Phi) is 5.81. The molecule has 1 amide bonds. The standard InChI is InChI=1S/C26H29N4O2/c1-18-7-9-20(10-8-18)22-6-4-3-5-21(22)19(2)30-17-27-15-24(30)26(31)29-13-11-23-25(16-29)32-14-12-28-23/h3-10,15,17,19,23,25,28H,2,11-14,16H2,1H3/q-1. The molecular formula is C26H29N4O2-. The Morgan fingerprint density at radius 3 is 2.88 bits per heavy atom. The minimum absolute atomic E-state index is 0.0170. The molecule has 0 spiro atoms. The Morgan fingerprint density at radius 2 is 2.03 bits per heavy atom. The van der Waals surface area contributed by atoms with E-state index in [9.17, 15) is 4.79 Å². The Labute approximate surface area is 189 Å². The van der Waals surface area contributed by atoms with E-state index in [0.717, 1.165) is 29.7 Å². The SMILES string of the molecule is [CH2-]C(c1ccccc1-c1ccc(C)cc1)n1cncc1C(=O)N1CCC2NCCOC2C1. The fourth-order valence-electron chi connectivity index (χ4n) is 4.77. The van der Waals surface area contributed by atoms with Crippen LogP contribution in [0.2, 0.25) is 0 Å². The van der Waals surface area contributed by atoms with Gasteiger partial charge in [0.15, 0.2) is 0 Å². The molecule has 5 rings (SSSR count). The minimum atomic E-state index is -0.279. The smallest absolute Gasteiger partial charge is 0.272 e. The van der Waals surface area contributed by atoms with E-state index >= 15 is 0 Å². The molecule has 32 heavy (non-hydrogen) atoms. The van der Waals surface area contributed by atoms with Gasteiger partial charge in [-0.25, -0.2) is 4.98 Å². The molecule has 2 saturated heterocycles. The second-order valence-electron chi connectivity index (χ2n) is 8.66. The number of carbonyl (C=O) groups excluding carboxylic acids is 1. The van der Waals surface area contributed by atoms with Gasteiger partial charge in [0.2, 0.25) is 0 Å². The van der Waals surface area contributed by atoms with Crippen molar-refractivity contribution in [3.8, 4) is 11.1 Å². The molecule has 1 N–H and O–H groups in total. The average Bonchev–Trinajstić information content (AvgIpc) is 3.33. The first-order chi connectivity index (χ1) is 15.6. The molecule has 3 atom stereocenters. The lowest BCUT2D eigenvalue weighted by Crippen LogP contribution is -2.58. The molecule has 6 nitrogen and oxygen atoms in total. The number of nitrogens with one attached hydrogen (secondary N) is 1. The van der Waals surface area contributed by atoms with Gasteiger partial charge in [-0.05, 0) is 30.0 Å². The van der Waals surface area contributed by atoms with E-state index in [1.54, 1.807) is 12.5 Å². The zero-order valence-electron chi connectivity index (χ0n) is 18.4. The van der Waals surface area contributed by atoms with Crippen molar-refractivity contribution in [2.45, 2.75) is 31.5 Å². The van der Waals surface area contributed by atoms with Crippen LogP contribution in [-0.4, -0.2) is 58.7 Å². The normalized spacial score (nSPS) is 21.8. The fraction of sp³-hybridized carbons (Fsp3) is 0.346. The number of piperidine rings is 1. The summed E-state index contributed by atoms with van der Waals surface area (Å²) in [7, 11) is 0. The van der Waals surface area contributed by atoms with Crippen LogP contribution in [0.25, 0.3) is 11.1 Å². The highest BCUT2D eigenvalue weighted by Gasteiger charge is 2.35. The van der Waals surface area contributed by atoms with Gasteiger partial charge in [-0.3, -0.25) is 4.79 Å². The number of aryl methyl sites for hydroxylation is 1. The van der Waals surface area contributed by atoms with Crippen molar-refractivity contribution in [3.05, 3.63) is 84.8 Å². The summed E-state index contributed by atoms with van der Waals surface area (Å²) in [6, 6.07) is 16.8. The van der Waals surface area contributed by atoms with Crippen molar-refractivity contribution >= 4 is 5.91 Å². The van der Waals surface area contributed by atoms with Crippen LogP contribution in [-0.2, 0) is 4.74 Å². The molecule has 3 unspecified atom stereocenters. The molecule has 2 aliphatic rings. The molecular weight excluding hydrogens is 400 g/mol. The third kappa shape index (κ3) is 3.96. The van der Waals surface area contributed by atoms with Crippen LogP contribution in [0.1, 0.15) is 34.1 Å². The van der Waals surface area contributed by atoms with Gasteiger partial charge < -0.3 is 26.4 Å². The molecule has 0 bridgehead atoms. The van der Waals surface area contributed by atoms with Crippen molar-refractivity contribution in [3.63, 3.8) is 0 Å². The number of nitrogens with zero attached hydrogens (tertiary/aromatic N) is 3. The molecule has 166 valence electrons. The number of carbonyl (C=O) groups is 1. The number of ether oxygens (including phenoxy) is 1. The summed E-state index contributed by atoms with van der Waals surface area (Å²) in [6.07, 6.45) is 4.31. The summed E-state index contributed by atoms with van der Waals surface area (Å²) in [6.45, 7) is 9.39. The van der Waals surface area contributed by atoms with Crippen molar-refractivity contribution in [2.75, 3.05) is 26.2 Å². The lowest BCUT2D eigenvalue weighted by molar-refractivity contribution is -0.0416. The maximum Gasteiger partial charge on any atom is 0.272 e. The number of hydrogen-bond donors (Lipinski definition) is 1. The lowest BCUT2D eigenvalue weighted by atomic mass is 9.94. The first-order valence-electron chi connectivity index (χ1n) is 11.3. The Morgan fingerprint density at radius 1 is 1.22 bits per heavy atom. The van der Waals surface area contributed by atoms with Crippen LogP contribution in [0.3, 0.4) is 0 Å². The molecule has 0 saturated carbocycles. The highest BCUT2D eigenvalue weighted by molar-refractivity contribution is 5.92. The van der Waals surface area contributed by atoms with Crippen molar-refractivity contribution in [2.24, 2.45) is 0 Å². The van der Waals surface area contributed by atoms with E-state index in [1.165, 1.54) is 5.56 Å². The van der Waals surface area contributed by atoms with Crippen LogP contribution in [0.4, 0.5) is 0 Å². The third-order valence-corrected chi connectivity index (χ3v) is 6.59. The summed E-state index contributed by atoms with van der Waals surface area (Å²) in [4.78, 5) is 19.6. The maximum absolute atomic E-state index is 13.4. The molecule has 6 heteroatoms. The summed E-state index contributed by atoms with van der Waals surface area (Å²) < 4.78 is 7.80. The number of rotatable bonds is 4. The zero-order chi connectivity index (χ0) is 22.1. The van der Waals surface area contributed by atoms with E-state index in [2.05, 4.69) is 60.5 Å². The lowest BCUT2D eigenvalue weighted by Gasteiger charge is -2.41. The number of morpholine rings is 1. The van der Waals surface area contributed by atoms with Gasteiger partial charge in [-0.2, -0.15) is 0 Å². The van der Waals surface area contributed by atoms with Gasteiger partial charge in [-0.1, -0.05) is 60.1 Å². The van der Waals surface area contributed by atoms with Gasteiger partial charge in [0.05, 0.1) is 25.2 Å². The van der Waals surface area contributed by atoms with Crippen LogP contribution >= 0.6 is 0 Å². The molecule has 3 aromatic rings. The average molecular weight is 430 g/mol. The number of benzene rings is 2. The van der Waals surface area contributed by atoms with Gasteiger partial charge >= 0.3 is 0 Å². The summed E-state index contributed by atoms with van der Waals surface area (Å²) in [5, 5.41) is 3.50. The molecule has 2 aliphatic heterocycles. The summed E-state index contributed by atoms with van der Waals surface area (Å²) in [5.74, 6) is -0.0170. The monoisotopic (exact) mass is 429 g/mol. The van der Waals surface area contributed by atoms with Crippen molar-refractivity contribution in [1.82, 2.24) is 19.8 Å². The predicted octanol–water partition coefficient (Wildman–Crippen LogP) is 3.48. The first kappa shape index (κ1) is 20.9. The van der Waals surface area contributed by atoms with Crippen molar-refractivity contribution < 1.29 is 9.53 Å².